The van der Waals surface area contributed by atoms with Gasteiger partial charge in [-0.25, -0.2) is 9.59 Å². The van der Waals surface area contributed by atoms with Crippen molar-refractivity contribution in [1.82, 2.24) is 9.55 Å². The maximum absolute atomic E-state index is 11.8. The van der Waals surface area contributed by atoms with Crippen molar-refractivity contribution in [3.63, 3.8) is 0 Å². The number of ether oxygens (including phenoxy) is 2. The predicted octanol–water partition coefficient (Wildman–Crippen LogP) is -1.11. The van der Waals surface area contributed by atoms with E-state index in [-0.39, 0.29) is 13.0 Å². The van der Waals surface area contributed by atoms with Gasteiger partial charge in [-0.15, -0.1) is 0 Å². The number of nitrogens with zero attached hydrogens (tertiary/aromatic N) is 1. The zero-order chi connectivity index (χ0) is 17.6. The number of aryl methyl sites for hydroxylation is 1. The van der Waals surface area contributed by atoms with Crippen LogP contribution in [0.5, 0.6) is 0 Å². The molecule has 1 aliphatic heterocycles. The molecule has 3 atom stereocenters. The number of carboxylic acid groups (broad SMARTS) is 1. The van der Waals surface area contributed by atoms with E-state index in [1.54, 1.807) is 24.2 Å². The number of carbonyl (C=O) groups is 1. The molecular formula is C12H17N3O7V. The van der Waals surface area contributed by atoms with Crippen LogP contribution in [-0.4, -0.2) is 51.2 Å². The van der Waals surface area contributed by atoms with Crippen LogP contribution in [0.15, 0.2) is 15.8 Å². The van der Waals surface area contributed by atoms with Crippen molar-refractivity contribution < 1.29 is 41.7 Å². The van der Waals surface area contributed by atoms with Crippen LogP contribution in [0.2, 0.25) is 0 Å². The Morgan fingerprint density at radius 1 is 1.57 bits per heavy atom. The second kappa shape index (κ2) is 8.89. The van der Waals surface area contributed by atoms with Gasteiger partial charge < -0.3 is 19.7 Å². The molecule has 23 heavy (non-hydrogen) atoms. The van der Waals surface area contributed by atoms with E-state index in [1.165, 1.54) is 10.8 Å². The Kier molecular flexibility index (Phi) is 7.52. The standard InChI is InChI=1S/C12H16N2O7.HN.V/c1-6-3-14(12(19)13-11(6)18)9-2-7(8(4-15)21-9)20-5-10(16)17;;/h3,7-9,15H,2,4-5H2,1H3,(H,16,17)(H,13,18,19);1H;. The van der Waals surface area contributed by atoms with Crippen molar-refractivity contribution in [2.75, 3.05) is 13.2 Å². The third-order valence-electron chi connectivity index (χ3n) is 3.24. The molecule has 1 aliphatic rings. The molecule has 2 heterocycles. The second-order valence-electron chi connectivity index (χ2n) is 4.77. The van der Waals surface area contributed by atoms with E-state index in [2.05, 4.69) is 4.98 Å². The fourth-order valence-corrected chi connectivity index (χ4v) is 2.19. The summed E-state index contributed by atoms with van der Waals surface area (Å²) < 4.78 is 17.5. The van der Waals surface area contributed by atoms with Crippen molar-refractivity contribution in [2.24, 2.45) is 0 Å². The van der Waals surface area contributed by atoms with E-state index < -0.39 is 42.3 Å². The monoisotopic (exact) mass is 366 g/mol. The number of aromatic amines is 1. The molecule has 1 fully saturated rings. The molecule has 0 amide bonds. The summed E-state index contributed by atoms with van der Waals surface area (Å²) >= 11 is 1.56. The number of aromatic nitrogens is 2. The number of nitrogens with one attached hydrogen (secondary N) is 2. The molecule has 127 valence electrons. The van der Waals surface area contributed by atoms with Gasteiger partial charge in [0.2, 0.25) is 0 Å². The second-order valence-corrected chi connectivity index (χ2v) is 4.77. The molecular weight excluding hydrogens is 349 g/mol. The first kappa shape index (κ1) is 19.5. The first-order valence-corrected chi connectivity index (χ1v) is 7.26. The number of aliphatic carboxylic acids is 1. The summed E-state index contributed by atoms with van der Waals surface area (Å²) in [4.78, 5) is 35.8. The topological polar surface area (TPSA) is 155 Å². The number of hydrogen-bond donors (Lipinski definition) is 4. The number of aliphatic hydroxyl groups excluding tert-OH is 1. The van der Waals surface area contributed by atoms with Gasteiger partial charge in [0.05, 0.1) is 12.7 Å². The first-order chi connectivity index (χ1) is 10.9. The van der Waals surface area contributed by atoms with Crippen molar-refractivity contribution >= 4 is 5.97 Å². The van der Waals surface area contributed by atoms with Gasteiger partial charge in [0, 0.05) is 18.2 Å². The van der Waals surface area contributed by atoms with Crippen LogP contribution in [-0.2, 0) is 31.5 Å². The fraction of sp³-hybridized carbons (Fsp3) is 0.583. The Hall–Kier alpha value is -1.59. The Morgan fingerprint density at radius 3 is 2.78 bits per heavy atom. The minimum absolute atomic E-state index is 0.198. The molecule has 2 rings (SSSR count). The Morgan fingerprint density at radius 2 is 2.22 bits per heavy atom. The normalized spacial score (nSPS) is 23.1. The average molecular weight is 366 g/mol. The van der Waals surface area contributed by atoms with E-state index in [0.29, 0.717) is 5.56 Å². The zero-order valence-corrected chi connectivity index (χ0v) is 13.7. The Balaban J connectivity index is 0.00000127. The van der Waals surface area contributed by atoms with Crippen LogP contribution in [0.4, 0.5) is 0 Å². The van der Waals surface area contributed by atoms with Crippen LogP contribution in [0.3, 0.4) is 0 Å². The molecule has 11 heteroatoms. The van der Waals surface area contributed by atoms with E-state index in [9.17, 15) is 19.5 Å². The predicted molar refractivity (Wildman–Crippen MR) is 71.8 cm³/mol. The molecule has 1 aromatic rings. The molecule has 1 saturated heterocycles. The van der Waals surface area contributed by atoms with E-state index in [1.807, 2.05) is 0 Å². The van der Waals surface area contributed by atoms with Crippen molar-refractivity contribution in [3.8, 4) is 0 Å². The molecule has 1 aromatic heterocycles. The number of rotatable bonds is 5. The van der Waals surface area contributed by atoms with Gasteiger partial charge >= 0.3 is 33.1 Å². The molecule has 10 nitrogen and oxygen atoms in total. The molecule has 0 aliphatic carbocycles. The molecule has 3 unspecified atom stereocenters. The summed E-state index contributed by atoms with van der Waals surface area (Å²) in [6.07, 6.45) is -0.545. The quantitative estimate of drug-likeness (QED) is 0.515. The Labute approximate surface area is 139 Å². The van der Waals surface area contributed by atoms with Crippen molar-refractivity contribution in [3.05, 3.63) is 32.6 Å². The van der Waals surface area contributed by atoms with E-state index in [0.717, 1.165) is 0 Å². The Bertz CT molecular complexity index is 659. The summed E-state index contributed by atoms with van der Waals surface area (Å²) in [5.74, 6) is -1.13. The SMILES string of the molecule is Cc1cn(C2CC(OCC(=O)O)C(CO)O2)c(=O)[nH]c1=O.[NH]=[V]. The molecule has 0 bridgehead atoms. The third kappa shape index (κ3) is 4.95. The molecule has 0 radical (unpaired) electrons. The average Bonchev–Trinajstić information content (AvgIpc) is 2.94. The van der Waals surface area contributed by atoms with E-state index in [4.69, 9.17) is 18.8 Å². The third-order valence-corrected chi connectivity index (χ3v) is 3.24. The minimum atomic E-state index is -1.13. The van der Waals surface area contributed by atoms with Gasteiger partial charge in [-0.05, 0) is 6.92 Å². The molecule has 0 aromatic carbocycles. The molecule has 4 N–H and O–H groups in total. The fourth-order valence-electron chi connectivity index (χ4n) is 2.19. The van der Waals surface area contributed by atoms with Gasteiger partial charge in [0.15, 0.2) is 0 Å². The summed E-state index contributed by atoms with van der Waals surface area (Å²) in [6.45, 7) is 0.667. The zero-order valence-electron chi connectivity index (χ0n) is 12.3. The van der Waals surface area contributed by atoms with Crippen LogP contribution < -0.4 is 11.2 Å². The summed E-state index contributed by atoms with van der Waals surface area (Å²) in [5.41, 5.74) is -0.772. The van der Waals surface area contributed by atoms with E-state index >= 15 is 0 Å². The van der Waals surface area contributed by atoms with Gasteiger partial charge in [0.25, 0.3) is 5.56 Å². The summed E-state index contributed by atoms with van der Waals surface area (Å²) in [5, 5.41) is 17.8. The van der Waals surface area contributed by atoms with Gasteiger partial charge in [-0.3, -0.25) is 14.3 Å². The molecule has 0 saturated carbocycles. The maximum atomic E-state index is 11.8. The number of H-pyrrole nitrogens is 1. The van der Waals surface area contributed by atoms with Gasteiger partial charge in [-0.2, -0.15) is 0 Å². The van der Waals surface area contributed by atoms with Crippen molar-refractivity contribution in [1.29, 1.82) is 4.21 Å². The molecule has 0 spiro atoms. The van der Waals surface area contributed by atoms with Crippen LogP contribution >= 0.6 is 0 Å². The van der Waals surface area contributed by atoms with Crippen molar-refractivity contribution in [2.45, 2.75) is 31.8 Å². The van der Waals surface area contributed by atoms with Gasteiger partial charge in [0.1, 0.15) is 18.9 Å². The van der Waals surface area contributed by atoms with Crippen LogP contribution in [0.25, 0.3) is 0 Å². The van der Waals surface area contributed by atoms with Crippen LogP contribution in [0.1, 0.15) is 18.2 Å². The first-order valence-electron chi connectivity index (χ1n) is 6.56. The number of aliphatic hydroxyl groups is 1. The number of hydrogen-bond acceptors (Lipinski definition) is 7. The van der Waals surface area contributed by atoms with Crippen LogP contribution in [0, 0.1) is 11.1 Å². The summed E-state index contributed by atoms with van der Waals surface area (Å²) in [7, 11) is 0. The van der Waals surface area contributed by atoms with Gasteiger partial charge in [-0.1, -0.05) is 0 Å². The number of carboxylic acids is 1. The summed E-state index contributed by atoms with van der Waals surface area (Å²) in [6, 6.07) is 0.